The van der Waals surface area contributed by atoms with Crippen LogP contribution >= 0.6 is 0 Å². The molecule has 0 saturated heterocycles. The number of nitrogens with zero attached hydrogens (tertiary/aromatic N) is 1. The van der Waals surface area contributed by atoms with E-state index in [-0.39, 0.29) is 11.7 Å². The summed E-state index contributed by atoms with van der Waals surface area (Å²) in [5.41, 5.74) is 3.25. The minimum atomic E-state index is 0.0901. The molecule has 114 valence electrons. The molecule has 2 N–H and O–H groups in total. The molecule has 0 radical (unpaired) electrons. The average Bonchev–Trinajstić information content (AvgIpc) is 2.54. The topological polar surface area (TPSA) is 52.6 Å². The van der Waals surface area contributed by atoms with Crippen LogP contribution in [-0.4, -0.2) is 24.1 Å². The van der Waals surface area contributed by atoms with Gasteiger partial charge in [0.1, 0.15) is 5.75 Å². The van der Waals surface area contributed by atoms with E-state index in [1.807, 2.05) is 29.2 Å². The molecule has 0 fully saturated rings. The van der Waals surface area contributed by atoms with Gasteiger partial charge in [-0.3, -0.25) is 4.79 Å². The Balaban J connectivity index is 1.59. The predicted molar refractivity (Wildman–Crippen MR) is 86.9 cm³/mol. The van der Waals surface area contributed by atoms with Crippen molar-refractivity contribution in [2.45, 2.75) is 19.4 Å². The molecular formula is C18H20N2O2. The molecule has 0 atom stereocenters. The lowest BCUT2D eigenvalue weighted by atomic mass is 10.0. The quantitative estimate of drug-likeness (QED) is 0.911. The number of phenols is 1. The summed E-state index contributed by atoms with van der Waals surface area (Å²) in [5, 5.41) is 12.6. The number of nitrogens with one attached hydrogen (secondary N) is 1. The summed E-state index contributed by atoms with van der Waals surface area (Å²) in [6, 6.07) is 15.2. The molecule has 1 aliphatic rings. The summed E-state index contributed by atoms with van der Waals surface area (Å²) in [5.74, 6) is 0.336. The van der Waals surface area contributed by atoms with Crippen molar-refractivity contribution in [1.82, 2.24) is 5.32 Å². The number of hydrogen-bond acceptors (Lipinski definition) is 3. The van der Waals surface area contributed by atoms with Crippen molar-refractivity contribution in [2.75, 3.05) is 18.0 Å². The zero-order valence-electron chi connectivity index (χ0n) is 12.5. The molecule has 0 spiro atoms. The van der Waals surface area contributed by atoms with Gasteiger partial charge in [-0.05, 0) is 42.2 Å². The highest BCUT2D eigenvalue weighted by atomic mass is 16.3. The SMILES string of the molecule is O=C(CNCc1cccc(O)c1)N1CCCc2ccccc21. The van der Waals surface area contributed by atoms with E-state index in [1.54, 1.807) is 18.2 Å². The summed E-state index contributed by atoms with van der Waals surface area (Å²) in [7, 11) is 0. The Morgan fingerprint density at radius 2 is 2.05 bits per heavy atom. The summed E-state index contributed by atoms with van der Waals surface area (Å²) in [6.07, 6.45) is 2.05. The third kappa shape index (κ3) is 3.28. The summed E-state index contributed by atoms with van der Waals surface area (Å²) in [4.78, 5) is 14.3. The molecule has 2 aromatic rings. The van der Waals surface area contributed by atoms with Crippen LogP contribution in [0.25, 0.3) is 0 Å². The molecule has 0 aromatic heterocycles. The summed E-state index contributed by atoms with van der Waals surface area (Å²) in [6.45, 7) is 1.64. The van der Waals surface area contributed by atoms with E-state index in [0.717, 1.165) is 30.6 Å². The Hall–Kier alpha value is -2.33. The first-order valence-corrected chi connectivity index (χ1v) is 7.61. The number of rotatable bonds is 4. The van der Waals surface area contributed by atoms with Crippen LogP contribution in [0.3, 0.4) is 0 Å². The van der Waals surface area contributed by atoms with Gasteiger partial charge in [-0.2, -0.15) is 0 Å². The minimum Gasteiger partial charge on any atom is -0.508 e. The maximum absolute atomic E-state index is 12.4. The highest BCUT2D eigenvalue weighted by molar-refractivity contribution is 5.95. The van der Waals surface area contributed by atoms with Gasteiger partial charge in [0.05, 0.1) is 6.54 Å². The fourth-order valence-corrected chi connectivity index (χ4v) is 2.87. The third-order valence-electron chi connectivity index (χ3n) is 3.93. The van der Waals surface area contributed by atoms with E-state index in [4.69, 9.17) is 0 Å². The van der Waals surface area contributed by atoms with Crippen molar-refractivity contribution in [3.63, 3.8) is 0 Å². The van der Waals surface area contributed by atoms with Gasteiger partial charge in [0.25, 0.3) is 0 Å². The van der Waals surface area contributed by atoms with Gasteiger partial charge in [0, 0.05) is 18.8 Å². The van der Waals surface area contributed by atoms with Crippen LogP contribution in [0, 0.1) is 0 Å². The Bertz CT molecular complexity index is 670. The molecule has 0 aliphatic carbocycles. The number of anilines is 1. The van der Waals surface area contributed by atoms with Crippen molar-refractivity contribution in [1.29, 1.82) is 0 Å². The van der Waals surface area contributed by atoms with Crippen molar-refractivity contribution in [3.8, 4) is 5.75 Å². The van der Waals surface area contributed by atoms with E-state index < -0.39 is 0 Å². The Kier molecular flexibility index (Phi) is 4.39. The Morgan fingerprint density at radius 1 is 1.18 bits per heavy atom. The number of aryl methyl sites for hydroxylation is 1. The van der Waals surface area contributed by atoms with Crippen LogP contribution in [0.5, 0.6) is 5.75 Å². The molecule has 2 aromatic carbocycles. The maximum Gasteiger partial charge on any atom is 0.240 e. The molecule has 0 bridgehead atoms. The molecule has 3 rings (SSSR count). The fraction of sp³-hybridized carbons (Fsp3) is 0.278. The summed E-state index contributed by atoms with van der Waals surface area (Å²) >= 11 is 0. The Labute approximate surface area is 130 Å². The van der Waals surface area contributed by atoms with Crippen LogP contribution in [-0.2, 0) is 17.8 Å². The fourth-order valence-electron chi connectivity index (χ4n) is 2.87. The monoisotopic (exact) mass is 296 g/mol. The molecule has 1 amide bonds. The normalized spacial score (nSPS) is 13.7. The Morgan fingerprint density at radius 3 is 2.91 bits per heavy atom. The van der Waals surface area contributed by atoms with Crippen molar-refractivity contribution in [2.24, 2.45) is 0 Å². The standard InChI is InChI=1S/C18H20N2O2/c21-16-8-3-5-14(11-16)12-19-13-18(22)20-10-4-7-15-6-1-2-9-17(15)20/h1-3,5-6,8-9,11,19,21H,4,7,10,12-13H2. The molecule has 1 aliphatic heterocycles. The lowest BCUT2D eigenvalue weighted by Gasteiger charge is -2.29. The van der Waals surface area contributed by atoms with Gasteiger partial charge in [-0.1, -0.05) is 30.3 Å². The first-order valence-electron chi connectivity index (χ1n) is 7.61. The van der Waals surface area contributed by atoms with Gasteiger partial charge in [0.15, 0.2) is 0 Å². The van der Waals surface area contributed by atoms with Crippen LogP contribution in [0.15, 0.2) is 48.5 Å². The van der Waals surface area contributed by atoms with Crippen molar-refractivity contribution >= 4 is 11.6 Å². The number of para-hydroxylation sites is 1. The molecule has 0 unspecified atom stereocenters. The number of benzene rings is 2. The van der Waals surface area contributed by atoms with E-state index in [9.17, 15) is 9.90 Å². The average molecular weight is 296 g/mol. The molecular weight excluding hydrogens is 276 g/mol. The second kappa shape index (κ2) is 6.62. The second-order valence-corrected chi connectivity index (χ2v) is 5.55. The second-order valence-electron chi connectivity index (χ2n) is 5.55. The lowest BCUT2D eigenvalue weighted by Crippen LogP contribution is -2.41. The van der Waals surface area contributed by atoms with Gasteiger partial charge < -0.3 is 15.3 Å². The minimum absolute atomic E-state index is 0.0901. The molecule has 1 heterocycles. The summed E-state index contributed by atoms with van der Waals surface area (Å²) < 4.78 is 0. The van der Waals surface area contributed by atoms with Gasteiger partial charge in [0.2, 0.25) is 5.91 Å². The predicted octanol–water partition coefficient (Wildman–Crippen LogP) is 2.46. The van der Waals surface area contributed by atoms with Gasteiger partial charge in [-0.25, -0.2) is 0 Å². The van der Waals surface area contributed by atoms with E-state index in [1.165, 1.54) is 5.56 Å². The number of carbonyl (C=O) groups is 1. The van der Waals surface area contributed by atoms with Crippen LogP contribution < -0.4 is 10.2 Å². The third-order valence-corrected chi connectivity index (χ3v) is 3.93. The lowest BCUT2D eigenvalue weighted by molar-refractivity contribution is -0.117. The van der Waals surface area contributed by atoms with E-state index >= 15 is 0 Å². The largest absolute Gasteiger partial charge is 0.508 e. The number of hydrogen-bond donors (Lipinski definition) is 2. The maximum atomic E-state index is 12.4. The number of amides is 1. The van der Waals surface area contributed by atoms with Crippen LogP contribution in [0.2, 0.25) is 0 Å². The smallest absolute Gasteiger partial charge is 0.240 e. The number of phenolic OH excluding ortho intramolecular Hbond substituents is 1. The van der Waals surface area contributed by atoms with Crippen molar-refractivity contribution in [3.05, 3.63) is 59.7 Å². The van der Waals surface area contributed by atoms with Crippen LogP contribution in [0.1, 0.15) is 17.5 Å². The highest BCUT2D eigenvalue weighted by Crippen LogP contribution is 2.26. The van der Waals surface area contributed by atoms with Gasteiger partial charge >= 0.3 is 0 Å². The number of aromatic hydroxyl groups is 1. The van der Waals surface area contributed by atoms with Gasteiger partial charge in [-0.15, -0.1) is 0 Å². The zero-order valence-corrected chi connectivity index (χ0v) is 12.5. The first-order chi connectivity index (χ1) is 10.7. The molecule has 4 heteroatoms. The number of carbonyl (C=O) groups excluding carboxylic acids is 1. The number of fused-ring (bicyclic) bond motifs is 1. The molecule has 22 heavy (non-hydrogen) atoms. The van der Waals surface area contributed by atoms with Crippen molar-refractivity contribution < 1.29 is 9.90 Å². The van der Waals surface area contributed by atoms with E-state index in [2.05, 4.69) is 11.4 Å². The van der Waals surface area contributed by atoms with E-state index in [0.29, 0.717) is 13.1 Å². The molecule has 0 saturated carbocycles. The van der Waals surface area contributed by atoms with Crippen LogP contribution in [0.4, 0.5) is 5.69 Å². The zero-order chi connectivity index (χ0) is 15.4. The molecule has 4 nitrogen and oxygen atoms in total. The first kappa shape index (κ1) is 14.6. The highest BCUT2D eigenvalue weighted by Gasteiger charge is 2.21.